The minimum atomic E-state index is -2.14. The summed E-state index contributed by atoms with van der Waals surface area (Å²) in [4.78, 5) is 8.48. The third-order valence-electron chi connectivity index (χ3n) is 0.914. The normalized spacial score (nSPS) is 11.8. The molecule has 0 saturated heterocycles. The fraction of sp³-hybridized carbons (Fsp3) is 0.667. The van der Waals surface area contributed by atoms with Gasteiger partial charge in [-0.2, -0.15) is 4.89 Å². The Balaban J connectivity index is 3.65. The molecule has 0 aromatic rings. The summed E-state index contributed by atoms with van der Waals surface area (Å²) in [7, 11) is -2.14. The van der Waals surface area contributed by atoms with Gasteiger partial charge in [-0.3, -0.25) is 0 Å². The van der Waals surface area contributed by atoms with Crippen molar-refractivity contribution in [3.8, 4) is 0 Å². The van der Waals surface area contributed by atoms with Crippen LogP contribution in [0.3, 0.4) is 0 Å². The smallest absolute Gasteiger partial charge is 0.156 e. The molecule has 0 saturated carbocycles. The van der Waals surface area contributed by atoms with Crippen LogP contribution in [-0.2, 0) is 4.57 Å². The Labute approximate surface area is 56.5 Å². The van der Waals surface area contributed by atoms with Gasteiger partial charge in [-0.15, -0.1) is 0 Å². The van der Waals surface area contributed by atoms with Crippen LogP contribution in [0.5, 0.6) is 0 Å². The summed E-state index contributed by atoms with van der Waals surface area (Å²) in [6.07, 6.45) is 0.645. The van der Waals surface area contributed by atoms with Crippen LogP contribution < -0.4 is 0 Å². The van der Waals surface area contributed by atoms with Gasteiger partial charge in [-0.05, 0) is 17.1 Å². The predicted octanol–water partition coefficient (Wildman–Crippen LogP) is 2.28. The van der Waals surface area contributed by atoms with Gasteiger partial charge in [-0.1, -0.05) is 13.8 Å². The summed E-state index contributed by atoms with van der Waals surface area (Å²) in [6.45, 7) is 7.44. The molecule has 0 rings (SSSR count). The zero-order valence-corrected chi connectivity index (χ0v) is 6.69. The van der Waals surface area contributed by atoms with Crippen LogP contribution in [0.1, 0.15) is 20.3 Å². The monoisotopic (exact) mass is 147 g/mol. The fourth-order valence-electron chi connectivity index (χ4n) is 0.549. The van der Waals surface area contributed by atoms with Crippen molar-refractivity contribution in [2.45, 2.75) is 20.3 Å². The molecule has 0 aliphatic carbocycles. The zero-order chi connectivity index (χ0) is 7.44. The highest BCUT2D eigenvalue weighted by Crippen LogP contribution is 2.30. The van der Waals surface area contributed by atoms with Gasteiger partial charge in [-0.25, -0.2) is 0 Å². The van der Waals surface area contributed by atoms with E-state index >= 15 is 0 Å². The van der Waals surface area contributed by atoms with Crippen LogP contribution >= 0.6 is 8.03 Å². The van der Waals surface area contributed by atoms with E-state index in [4.69, 9.17) is 4.89 Å². The van der Waals surface area contributed by atoms with E-state index in [1.54, 1.807) is 0 Å². The van der Waals surface area contributed by atoms with Crippen molar-refractivity contribution in [1.29, 1.82) is 0 Å². The van der Waals surface area contributed by atoms with Crippen LogP contribution in [0, 0.1) is 5.92 Å². The van der Waals surface area contributed by atoms with Crippen molar-refractivity contribution in [1.82, 2.24) is 0 Å². The van der Waals surface area contributed by atoms with Crippen LogP contribution in [0.15, 0.2) is 11.9 Å². The van der Waals surface area contributed by atoms with Crippen LogP contribution in [-0.4, -0.2) is 4.89 Å². The molecular weight excluding hydrogens is 135 g/mol. The average Bonchev–Trinajstić information content (AvgIpc) is 1.63. The van der Waals surface area contributed by atoms with Gasteiger partial charge >= 0.3 is 8.03 Å². The predicted molar refractivity (Wildman–Crippen MR) is 38.4 cm³/mol. The summed E-state index contributed by atoms with van der Waals surface area (Å²) in [5.41, 5.74) is 0. The van der Waals surface area contributed by atoms with Gasteiger partial charge in [0.2, 0.25) is 0 Å². The molecule has 0 aliphatic rings. The van der Waals surface area contributed by atoms with Crippen molar-refractivity contribution in [2.24, 2.45) is 5.92 Å². The first-order valence-corrected chi connectivity index (χ1v) is 4.09. The maximum atomic E-state index is 10.3. The minimum absolute atomic E-state index is 0.420. The summed E-state index contributed by atoms with van der Waals surface area (Å²) >= 11 is 0. The number of rotatable bonds is 3. The summed E-state index contributed by atoms with van der Waals surface area (Å²) in [5.74, 6) is 0.420. The Hall–Kier alpha value is -0.200. The Morgan fingerprint density at radius 1 is 1.78 bits per heavy atom. The molecule has 2 nitrogen and oxygen atoms in total. The zero-order valence-electron chi connectivity index (χ0n) is 5.79. The third-order valence-corrected chi connectivity index (χ3v) is 1.64. The largest absolute Gasteiger partial charge is 0.540 e. The number of hydrogen-bond acceptors (Lipinski definition) is 1. The second-order valence-corrected chi connectivity index (χ2v) is 3.62. The SMILES string of the molecule is C=C(CC(C)C)[P+](=O)O. The van der Waals surface area contributed by atoms with E-state index in [9.17, 15) is 4.57 Å². The van der Waals surface area contributed by atoms with E-state index in [1.807, 2.05) is 13.8 Å². The van der Waals surface area contributed by atoms with Gasteiger partial charge in [0.1, 0.15) is 0 Å². The Morgan fingerprint density at radius 2 is 2.22 bits per heavy atom. The molecule has 0 aromatic carbocycles. The van der Waals surface area contributed by atoms with E-state index in [0.29, 0.717) is 17.7 Å². The molecule has 0 radical (unpaired) electrons. The first-order valence-electron chi connectivity index (χ1n) is 2.88. The van der Waals surface area contributed by atoms with Gasteiger partial charge < -0.3 is 0 Å². The van der Waals surface area contributed by atoms with Crippen LogP contribution in [0.2, 0.25) is 0 Å². The van der Waals surface area contributed by atoms with Gasteiger partial charge in [0.15, 0.2) is 5.31 Å². The van der Waals surface area contributed by atoms with Crippen molar-refractivity contribution in [2.75, 3.05) is 0 Å². The van der Waals surface area contributed by atoms with Gasteiger partial charge in [0.25, 0.3) is 0 Å². The molecular formula is C6H12O2P+. The van der Waals surface area contributed by atoms with E-state index in [1.165, 1.54) is 0 Å². The fourth-order valence-corrected chi connectivity index (χ4v) is 1.07. The molecule has 9 heavy (non-hydrogen) atoms. The molecule has 52 valence electrons. The second-order valence-electron chi connectivity index (χ2n) is 2.44. The highest BCUT2D eigenvalue weighted by molar-refractivity contribution is 7.43. The first kappa shape index (κ1) is 8.80. The molecule has 1 N–H and O–H groups in total. The lowest BCUT2D eigenvalue weighted by Gasteiger charge is -1.94. The molecule has 0 bridgehead atoms. The molecule has 0 aromatic heterocycles. The van der Waals surface area contributed by atoms with Gasteiger partial charge in [0, 0.05) is 6.42 Å². The second kappa shape index (κ2) is 3.76. The Morgan fingerprint density at radius 3 is 2.33 bits per heavy atom. The maximum absolute atomic E-state index is 10.3. The van der Waals surface area contributed by atoms with E-state index in [0.717, 1.165) is 0 Å². The Kier molecular flexibility index (Phi) is 3.67. The molecule has 0 heterocycles. The van der Waals surface area contributed by atoms with Crippen molar-refractivity contribution >= 4 is 8.03 Å². The standard InChI is InChI=1S/C6H11O2P/c1-5(2)4-6(3)9(7)8/h5H,3-4H2,1-2H3/p+1. The highest BCUT2D eigenvalue weighted by atomic mass is 31.1. The topological polar surface area (TPSA) is 37.3 Å². The summed E-state index contributed by atoms with van der Waals surface area (Å²) < 4.78 is 10.3. The van der Waals surface area contributed by atoms with Crippen molar-refractivity contribution in [3.05, 3.63) is 11.9 Å². The van der Waals surface area contributed by atoms with Gasteiger partial charge in [0.05, 0.1) is 0 Å². The third kappa shape index (κ3) is 4.31. The average molecular weight is 147 g/mol. The highest BCUT2D eigenvalue weighted by Gasteiger charge is 2.17. The lowest BCUT2D eigenvalue weighted by molar-refractivity contribution is 0.504. The van der Waals surface area contributed by atoms with E-state index < -0.39 is 8.03 Å². The van der Waals surface area contributed by atoms with Crippen LogP contribution in [0.25, 0.3) is 0 Å². The molecule has 1 atom stereocenters. The van der Waals surface area contributed by atoms with Crippen molar-refractivity contribution < 1.29 is 9.46 Å². The summed E-state index contributed by atoms with van der Waals surface area (Å²) in [5, 5.41) is 0.444. The number of allylic oxidation sites excluding steroid dienone is 1. The molecule has 3 heteroatoms. The Bertz CT molecular complexity index is 129. The minimum Gasteiger partial charge on any atom is -0.156 e. The lowest BCUT2D eigenvalue weighted by atomic mass is 10.1. The number of hydrogen-bond donors (Lipinski definition) is 1. The molecule has 0 spiro atoms. The van der Waals surface area contributed by atoms with E-state index in [2.05, 4.69) is 6.58 Å². The quantitative estimate of drug-likeness (QED) is 0.622. The van der Waals surface area contributed by atoms with Crippen molar-refractivity contribution in [3.63, 3.8) is 0 Å². The van der Waals surface area contributed by atoms with Crippen LogP contribution in [0.4, 0.5) is 0 Å². The summed E-state index contributed by atoms with van der Waals surface area (Å²) in [6, 6.07) is 0. The maximum Gasteiger partial charge on any atom is 0.540 e. The molecule has 0 aliphatic heterocycles. The first-order chi connectivity index (χ1) is 4.04. The molecule has 1 unspecified atom stereocenters. The van der Waals surface area contributed by atoms with E-state index in [-0.39, 0.29) is 0 Å². The lowest BCUT2D eigenvalue weighted by Crippen LogP contribution is -1.85. The molecule has 0 fully saturated rings. The molecule has 0 amide bonds.